The maximum atomic E-state index is 13.5. The van der Waals surface area contributed by atoms with Crippen molar-refractivity contribution in [3.05, 3.63) is 98.5 Å². The third-order valence-electron chi connectivity index (χ3n) is 13.1. The summed E-state index contributed by atoms with van der Waals surface area (Å²) in [6.07, 6.45) is 4.90. The van der Waals surface area contributed by atoms with Gasteiger partial charge in [-0.05, 0) is 101 Å². The molecule has 0 saturated carbocycles. The molecule has 8 rings (SSSR count). The average Bonchev–Trinajstić information content (AvgIpc) is 3.87. The molecule has 0 aliphatic carbocycles. The van der Waals surface area contributed by atoms with E-state index in [1.54, 1.807) is 18.2 Å². The number of aromatic carboxylic acids is 1. The number of para-hydroxylation sites is 1. The molecule has 1 atom stereocenters. The number of anilines is 1. The number of ether oxygens (including phenoxy) is 2. The number of nitrogens with one attached hydrogen (secondary N) is 2. The Labute approximate surface area is 389 Å². The molecule has 3 aromatic carbocycles. The molecule has 5 aromatic rings. The molecule has 66 heavy (non-hydrogen) atoms. The highest BCUT2D eigenvalue weighted by molar-refractivity contribution is 6.32. The second-order valence-electron chi connectivity index (χ2n) is 17.5. The number of unbranched alkanes of at least 4 members (excludes halogenated alkanes) is 3. The van der Waals surface area contributed by atoms with E-state index in [1.165, 1.54) is 0 Å². The Kier molecular flexibility index (Phi) is 14.3. The van der Waals surface area contributed by atoms with Crippen molar-refractivity contribution in [3.8, 4) is 16.9 Å². The molecule has 3 aliphatic heterocycles. The van der Waals surface area contributed by atoms with E-state index in [1.807, 2.05) is 49.6 Å². The predicted octanol–water partition coefficient (Wildman–Crippen LogP) is 7.51. The van der Waals surface area contributed by atoms with Crippen molar-refractivity contribution in [3.63, 3.8) is 0 Å². The van der Waals surface area contributed by atoms with Crippen LogP contribution in [0, 0.1) is 27.7 Å². The normalized spacial score (nSPS) is 16.6. The van der Waals surface area contributed by atoms with E-state index < -0.39 is 35.6 Å². The molecule has 3 aliphatic rings. The standard InChI is InChI=1S/C50H58ClN7O8/c1-30-28-34(29-31(2)44(30)51)66-25-11-15-36-35-12-9-13-37(45(35)56(46(36)50(63)64)22-21-55-23-26-65-27-24-55)42-32(3)54-57(33(42)4)20-8-6-5-7-19-52-39-16-10-14-38-43(39)49(62)58(48(38)61)40-17-18-41(59)53-47(40)60/h9-10,12-14,16,28-29,40,52H,5-8,11,15,17-27H2,1-4H3,(H,63,64)(H,53,59,60). The number of carboxylic acid groups (broad SMARTS) is 1. The fourth-order valence-electron chi connectivity index (χ4n) is 9.83. The van der Waals surface area contributed by atoms with Gasteiger partial charge in [0.15, 0.2) is 0 Å². The Morgan fingerprint density at radius 3 is 2.36 bits per heavy atom. The minimum atomic E-state index is -1.01. The van der Waals surface area contributed by atoms with Crippen LogP contribution in [-0.4, -0.2) is 111 Å². The lowest BCUT2D eigenvalue weighted by atomic mass is 9.98. The van der Waals surface area contributed by atoms with Crippen LogP contribution in [0.3, 0.4) is 0 Å². The number of fused-ring (bicyclic) bond motifs is 2. The van der Waals surface area contributed by atoms with E-state index in [0.717, 1.165) is 105 Å². The van der Waals surface area contributed by atoms with Crippen LogP contribution < -0.4 is 15.4 Å². The van der Waals surface area contributed by atoms with Gasteiger partial charge in [0, 0.05) is 78.6 Å². The number of carboxylic acids is 1. The monoisotopic (exact) mass is 919 g/mol. The van der Waals surface area contributed by atoms with E-state index in [4.69, 9.17) is 26.2 Å². The average molecular weight is 921 g/mol. The molecule has 16 heteroatoms. The number of hydrogen-bond acceptors (Lipinski definition) is 10. The third kappa shape index (κ3) is 9.47. The number of aromatic nitrogens is 3. The summed E-state index contributed by atoms with van der Waals surface area (Å²) < 4.78 is 15.8. The van der Waals surface area contributed by atoms with Crippen LogP contribution in [0.5, 0.6) is 5.75 Å². The first-order chi connectivity index (χ1) is 31.8. The van der Waals surface area contributed by atoms with E-state index in [9.17, 15) is 29.1 Å². The van der Waals surface area contributed by atoms with Gasteiger partial charge in [0.1, 0.15) is 17.5 Å². The number of amides is 4. The lowest BCUT2D eigenvalue weighted by Gasteiger charge is -2.27. The second kappa shape index (κ2) is 20.2. The number of carbonyl (C=O) groups excluding carboxylic acids is 4. The molecule has 348 valence electrons. The van der Waals surface area contributed by atoms with E-state index in [0.29, 0.717) is 70.2 Å². The predicted molar refractivity (Wildman–Crippen MR) is 252 cm³/mol. The van der Waals surface area contributed by atoms with Crippen molar-refractivity contribution in [1.82, 2.24) is 29.5 Å². The van der Waals surface area contributed by atoms with Gasteiger partial charge >= 0.3 is 5.97 Å². The maximum absolute atomic E-state index is 13.5. The van der Waals surface area contributed by atoms with Crippen molar-refractivity contribution in [2.45, 2.75) is 98.2 Å². The van der Waals surface area contributed by atoms with Crippen LogP contribution in [0.15, 0.2) is 48.5 Å². The minimum Gasteiger partial charge on any atom is -0.494 e. The summed E-state index contributed by atoms with van der Waals surface area (Å²) in [6, 6.07) is 14.1. The van der Waals surface area contributed by atoms with Crippen LogP contribution in [-0.2, 0) is 33.8 Å². The zero-order chi connectivity index (χ0) is 46.6. The molecule has 0 spiro atoms. The van der Waals surface area contributed by atoms with Gasteiger partial charge in [-0.3, -0.25) is 39.0 Å². The molecule has 4 amide bonds. The highest BCUT2D eigenvalue weighted by Crippen LogP contribution is 2.39. The van der Waals surface area contributed by atoms with E-state index in [-0.39, 0.29) is 24.0 Å². The van der Waals surface area contributed by atoms with Crippen molar-refractivity contribution in [2.24, 2.45) is 0 Å². The number of aryl methyl sites for hydroxylation is 5. The first-order valence-corrected chi connectivity index (χ1v) is 23.4. The van der Waals surface area contributed by atoms with Gasteiger partial charge in [-0.25, -0.2) is 4.79 Å². The molecule has 5 heterocycles. The molecule has 2 fully saturated rings. The molecule has 15 nitrogen and oxygen atoms in total. The second-order valence-corrected chi connectivity index (χ2v) is 17.9. The van der Waals surface area contributed by atoms with Gasteiger partial charge in [-0.2, -0.15) is 5.10 Å². The molecule has 2 aromatic heterocycles. The summed E-state index contributed by atoms with van der Waals surface area (Å²) >= 11 is 6.39. The van der Waals surface area contributed by atoms with Gasteiger partial charge in [0.05, 0.1) is 42.2 Å². The largest absolute Gasteiger partial charge is 0.494 e. The Hall–Kier alpha value is -6.03. The van der Waals surface area contributed by atoms with Crippen LogP contribution in [0.1, 0.15) is 104 Å². The van der Waals surface area contributed by atoms with Crippen molar-refractivity contribution < 1.29 is 38.6 Å². The number of rotatable bonds is 19. The number of hydrogen-bond donors (Lipinski definition) is 3. The Balaban J connectivity index is 0.938. The first-order valence-electron chi connectivity index (χ1n) is 23.0. The number of piperidine rings is 1. The smallest absolute Gasteiger partial charge is 0.352 e. The fraction of sp³-hybridized carbons (Fsp3) is 0.440. The summed E-state index contributed by atoms with van der Waals surface area (Å²) in [4.78, 5) is 67.5. The number of carbonyl (C=O) groups is 5. The summed E-state index contributed by atoms with van der Waals surface area (Å²) in [5.41, 5.74) is 8.85. The maximum Gasteiger partial charge on any atom is 0.352 e. The van der Waals surface area contributed by atoms with Gasteiger partial charge in [-0.1, -0.05) is 48.7 Å². The molecular formula is C50H58ClN7O8. The summed E-state index contributed by atoms with van der Waals surface area (Å²) in [7, 11) is 0. The van der Waals surface area contributed by atoms with Crippen molar-refractivity contribution in [2.75, 3.05) is 51.3 Å². The number of imide groups is 2. The van der Waals surface area contributed by atoms with Crippen molar-refractivity contribution >= 4 is 57.8 Å². The Bertz CT molecular complexity index is 2680. The fourth-order valence-corrected chi connectivity index (χ4v) is 9.94. The van der Waals surface area contributed by atoms with Gasteiger partial charge in [-0.15, -0.1) is 0 Å². The molecule has 0 radical (unpaired) electrons. The van der Waals surface area contributed by atoms with Gasteiger partial charge < -0.3 is 24.5 Å². The Morgan fingerprint density at radius 2 is 1.62 bits per heavy atom. The quantitative estimate of drug-likeness (QED) is 0.0552. The minimum absolute atomic E-state index is 0.0669. The topological polar surface area (TPSA) is 177 Å². The summed E-state index contributed by atoms with van der Waals surface area (Å²) in [6.45, 7) is 13.9. The SMILES string of the molecule is Cc1cc(OCCCc2c(C(=O)O)n(CCN3CCOCC3)c3c(-c4c(C)nn(CCCCCCNc5cccc6c5C(=O)N(C5CCC(=O)NC5=O)C6=O)c4C)cccc23)cc(C)c1Cl. The van der Waals surface area contributed by atoms with Gasteiger partial charge in [0.25, 0.3) is 11.8 Å². The lowest BCUT2D eigenvalue weighted by Crippen LogP contribution is -2.54. The zero-order valence-corrected chi connectivity index (χ0v) is 38.9. The summed E-state index contributed by atoms with van der Waals surface area (Å²) in [5, 5.41) is 23.1. The van der Waals surface area contributed by atoms with Crippen LogP contribution in [0.4, 0.5) is 5.69 Å². The molecular weight excluding hydrogens is 862 g/mol. The first kappa shape index (κ1) is 46.5. The molecule has 1 unspecified atom stereocenters. The van der Waals surface area contributed by atoms with Crippen LogP contribution >= 0.6 is 11.6 Å². The van der Waals surface area contributed by atoms with Gasteiger partial charge in [0.2, 0.25) is 11.8 Å². The van der Waals surface area contributed by atoms with E-state index in [2.05, 4.69) is 33.2 Å². The van der Waals surface area contributed by atoms with Crippen LogP contribution in [0.25, 0.3) is 22.0 Å². The highest BCUT2D eigenvalue weighted by atomic mass is 35.5. The zero-order valence-electron chi connectivity index (χ0n) is 38.1. The number of nitrogens with zero attached hydrogens (tertiary/aromatic N) is 5. The lowest BCUT2D eigenvalue weighted by molar-refractivity contribution is -0.136. The molecule has 0 bridgehead atoms. The number of benzene rings is 3. The van der Waals surface area contributed by atoms with Crippen LogP contribution in [0.2, 0.25) is 5.02 Å². The summed E-state index contributed by atoms with van der Waals surface area (Å²) in [5.74, 6) is -2.30. The molecule has 3 N–H and O–H groups in total. The molecule has 2 saturated heterocycles. The number of halogens is 1. The number of morpholine rings is 1. The van der Waals surface area contributed by atoms with Crippen molar-refractivity contribution in [1.29, 1.82) is 0 Å². The highest BCUT2D eigenvalue weighted by Gasteiger charge is 2.45. The Morgan fingerprint density at radius 1 is 0.894 bits per heavy atom. The third-order valence-corrected chi connectivity index (χ3v) is 13.7. The van der Waals surface area contributed by atoms with E-state index >= 15 is 0 Å².